The van der Waals surface area contributed by atoms with Gasteiger partial charge in [-0.3, -0.25) is 0 Å². The van der Waals surface area contributed by atoms with Crippen molar-refractivity contribution in [3.8, 4) is 11.3 Å². The van der Waals surface area contributed by atoms with Gasteiger partial charge in [0.1, 0.15) is 0 Å². The summed E-state index contributed by atoms with van der Waals surface area (Å²) in [5, 5.41) is 10.3. The quantitative estimate of drug-likeness (QED) is 0.847. The van der Waals surface area contributed by atoms with Gasteiger partial charge in [-0.2, -0.15) is 0 Å². The van der Waals surface area contributed by atoms with E-state index < -0.39 is 0 Å². The van der Waals surface area contributed by atoms with Gasteiger partial charge in [0.25, 0.3) is 0 Å². The van der Waals surface area contributed by atoms with Crippen LogP contribution in [0.15, 0.2) is 36.8 Å². The molecular weight excluding hydrogens is 240 g/mol. The third-order valence-corrected chi connectivity index (χ3v) is 4.29. The van der Waals surface area contributed by atoms with Crippen molar-refractivity contribution in [1.82, 2.24) is 9.55 Å². The van der Waals surface area contributed by atoms with E-state index in [0.717, 1.165) is 5.69 Å². The van der Waals surface area contributed by atoms with Crippen molar-refractivity contribution in [2.45, 2.75) is 18.6 Å². The molecule has 1 aromatic heterocycles. The van der Waals surface area contributed by atoms with E-state index in [9.17, 15) is 5.11 Å². The molecule has 2 aliphatic heterocycles. The first kappa shape index (κ1) is 11.2. The number of benzene rings is 1. The fourth-order valence-electron chi connectivity index (χ4n) is 3.36. The lowest BCUT2D eigenvalue weighted by Crippen LogP contribution is -2.37. The second kappa shape index (κ2) is 4.18. The summed E-state index contributed by atoms with van der Waals surface area (Å²) in [5.74, 6) is 0.102. The molecule has 4 nitrogen and oxygen atoms in total. The maximum absolute atomic E-state index is 10.3. The molecule has 3 atom stereocenters. The second-order valence-electron chi connectivity index (χ2n) is 5.31. The van der Waals surface area contributed by atoms with Crippen LogP contribution in [0.4, 0.5) is 0 Å². The SMILES string of the molecule is O[C@@H]1CCOC[C@@H]1[C@@H]1c2ccccc2-c2cncn21. The number of hydrogen-bond acceptors (Lipinski definition) is 3. The molecule has 0 radical (unpaired) electrons. The average molecular weight is 256 g/mol. The van der Waals surface area contributed by atoms with Crippen molar-refractivity contribution in [1.29, 1.82) is 0 Å². The minimum absolute atomic E-state index is 0.102. The Bertz CT molecular complexity index is 608. The first-order valence-corrected chi connectivity index (χ1v) is 6.73. The maximum Gasteiger partial charge on any atom is 0.0956 e. The van der Waals surface area contributed by atoms with Crippen LogP contribution in [0.2, 0.25) is 0 Å². The lowest BCUT2D eigenvalue weighted by Gasteiger charge is -2.33. The Balaban J connectivity index is 1.84. The number of aliphatic hydroxyl groups excluding tert-OH is 1. The van der Waals surface area contributed by atoms with Gasteiger partial charge >= 0.3 is 0 Å². The summed E-state index contributed by atoms with van der Waals surface area (Å²) in [4.78, 5) is 4.25. The molecule has 0 bridgehead atoms. The number of nitrogens with zero attached hydrogens (tertiary/aromatic N) is 2. The molecule has 0 spiro atoms. The molecule has 0 saturated carbocycles. The zero-order chi connectivity index (χ0) is 12.8. The van der Waals surface area contributed by atoms with Crippen molar-refractivity contribution in [3.05, 3.63) is 42.4 Å². The highest BCUT2D eigenvalue weighted by Crippen LogP contribution is 2.44. The normalized spacial score (nSPS) is 29.0. The van der Waals surface area contributed by atoms with Gasteiger partial charge in [0.15, 0.2) is 0 Å². The molecule has 4 heteroatoms. The molecule has 0 aliphatic carbocycles. The molecule has 4 rings (SSSR count). The molecule has 1 saturated heterocycles. The van der Waals surface area contributed by atoms with Gasteiger partial charge in [-0.1, -0.05) is 24.3 Å². The predicted molar refractivity (Wildman–Crippen MR) is 70.7 cm³/mol. The Morgan fingerprint density at radius 3 is 3.11 bits per heavy atom. The van der Waals surface area contributed by atoms with Gasteiger partial charge in [-0.25, -0.2) is 4.98 Å². The molecule has 1 aromatic carbocycles. The molecule has 98 valence electrons. The standard InChI is InChI=1S/C15H16N2O2/c18-14-5-6-19-8-12(14)15-11-4-2-1-3-10(11)13-7-16-9-17(13)15/h1-4,7,9,12,14-15,18H,5-6,8H2/t12-,14+,15-/m0/s1. The zero-order valence-corrected chi connectivity index (χ0v) is 10.6. The molecule has 3 heterocycles. The van der Waals surface area contributed by atoms with Crippen LogP contribution in [-0.4, -0.2) is 34.0 Å². The highest BCUT2D eigenvalue weighted by Gasteiger charge is 2.39. The van der Waals surface area contributed by atoms with Crippen molar-refractivity contribution in [2.75, 3.05) is 13.2 Å². The predicted octanol–water partition coefficient (Wildman–Crippen LogP) is 1.85. The average Bonchev–Trinajstić information content (AvgIpc) is 3.00. The van der Waals surface area contributed by atoms with E-state index in [1.54, 1.807) is 0 Å². The van der Waals surface area contributed by atoms with Gasteiger partial charge in [0.2, 0.25) is 0 Å². The molecule has 19 heavy (non-hydrogen) atoms. The Morgan fingerprint density at radius 2 is 2.21 bits per heavy atom. The number of rotatable bonds is 1. The van der Waals surface area contributed by atoms with Gasteiger partial charge in [-0.05, 0) is 12.0 Å². The van der Waals surface area contributed by atoms with Crippen LogP contribution < -0.4 is 0 Å². The largest absolute Gasteiger partial charge is 0.393 e. The first-order valence-electron chi connectivity index (χ1n) is 6.73. The van der Waals surface area contributed by atoms with Crippen LogP contribution in [0.1, 0.15) is 18.0 Å². The zero-order valence-electron chi connectivity index (χ0n) is 10.6. The van der Waals surface area contributed by atoms with E-state index in [0.29, 0.717) is 19.6 Å². The van der Waals surface area contributed by atoms with Crippen LogP contribution >= 0.6 is 0 Å². The number of fused-ring (bicyclic) bond motifs is 3. The van der Waals surface area contributed by atoms with E-state index >= 15 is 0 Å². The summed E-state index contributed by atoms with van der Waals surface area (Å²) < 4.78 is 7.75. The minimum atomic E-state index is -0.305. The summed E-state index contributed by atoms with van der Waals surface area (Å²) in [7, 11) is 0. The fraction of sp³-hybridized carbons (Fsp3) is 0.400. The van der Waals surface area contributed by atoms with Gasteiger partial charge in [0, 0.05) is 18.1 Å². The Morgan fingerprint density at radius 1 is 1.32 bits per heavy atom. The van der Waals surface area contributed by atoms with Crippen LogP contribution in [0.3, 0.4) is 0 Å². The summed E-state index contributed by atoms with van der Waals surface area (Å²) >= 11 is 0. The molecule has 2 aromatic rings. The van der Waals surface area contributed by atoms with E-state index in [2.05, 4.69) is 27.8 Å². The number of ether oxygens (including phenoxy) is 1. The summed E-state index contributed by atoms with van der Waals surface area (Å²) in [5.41, 5.74) is 3.63. The van der Waals surface area contributed by atoms with E-state index in [1.807, 2.05) is 18.6 Å². The Kier molecular flexibility index (Phi) is 2.47. The van der Waals surface area contributed by atoms with Gasteiger partial charge in [0.05, 0.1) is 37.0 Å². The second-order valence-corrected chi connectivity index (χ2v) is 5.31. The molecule has 1 fully saturated rings. The highest BCUT2D eigenvalue weighted by atomic mass is 16.5. The van der Waals surface area contributed by atoms with Crippen LogP contribution in [0, 0.1) is 5.92 Å². The van der Waals surface area contributed by atoms with Crippen molar-refractivity contribution < 1.29 is 9.84 Å². The van der Waals surface area contributed by atoms with Gasteiger partial charge in [-0.15, -0.1) is 0 Å². The monoisotopic (exact) mass is 256 g/mol. The number of imidazole rings is 1. The van der Waals surface area contributed by atoms with Crippen molar-refractivity contribution in [3.63, 3.8) is 0 Å². The van der Waals surface area contributed by atoms with Crippen LogP contribution in [0.25, 0.3) is 11.3 Å². The smallest absolute Gasteiger partial charge is 0.0956 e. The van der Waals surface area contributed by atoms with Crippen LogP contribution in [0.5, 0.6) is 0 Å². The van der Waals surface area contributed by atoms with Crippen LogP contribution in [-0.2, 0) is 4.74 Å². The van der Waals surface area contributed by atoms with Gasteiger partial charge < -0.3 is 14.4 Å². The summed E-state index contributed by atoms with van der Waals surface area (Å²) in [6.07, 6.45) is 4.17. The molecule has 0 unspecified atom stereocenters. The Hall–Kier alpha value is -1.65. The number of hydrogen-bond donors (Lipinski definition) is 1. The molecule has 0 amide bonds. The topological polar surface area (TPSA) is 47.3 Å². The van der Waals surface area contributed by atoms with E-state index in [-0.39, 0.29) is 18.1 Å². The van der Waals surface area contributed by atoms with E-state index in [1.165, 1.54) is 11.1 Å². The molecular formula is C15H16N2O2. The Labute approximate surface area is 111 Å². The number of aliphatic hydroxyl groups is 1. The van der Waals surface area contributed by atoms with Crippen molar-refractivity contribution >= 4 is 0 Å². The minimum Gasteiger partial charge on any atom is -0.393 e. The lowest BCUT2D eigenvalue weighted by molar-refractivity contribution is -0.0481. The highest BCUT2D eigenvalue weighted by molar-refractivity contribution is 5.69. The fourth-order valence-corrected chi connectivity index (χ4v) is 3.36. The third-order valence-electron chi connectivity index (χ3n) is 4.29. The molecule has 1 N–H and O–H groups in total. The number of aromatic nitrogens is 2. The lowest BCUT2D eigenvalue weighted by atomic mass is 9.86. The maximum atomic E-state index is 10.3. The van der Waals surface area contributed by atoms with Crippen molar-refractivity contribution in [2.24, 2.45) is 5.92 Å². The summed E-state index contributed by atoms with van der Waals surface area (Å²) in [6.45, 7) is 1.26. The summed E-state index contributed by atoms with van der Waals surface area (Å²) in [6, 6.07) is 8.52. The third kappa shape index (κ3) is 1.57. The van der Waals surface area contributed by atoms with E-state index in [4.69, 9.17) is 4.74 Å². The first-order chi connectivity index (χ1) is 9.36. The molecule has 2 aliphatic rings.